The molecule has 0 saturated heterocycles. The first-order valence-corrected chi connectivity index (χ1v) is 9.23. The number of nitrogens with two attached hydrogens (primary N) is 1. The molecule has 0 amide bonds. The summed E-state index contributed by atoms with van der Waals surface area (Å²) in [6, 6.07) is 7.68. The van der Waals surface area contributed by atoms with E-state index in [0.717, 1.165) is 22.2 Å². The summed E-state index contributed by atoms with van der Waals surface area (Å²) in [5.74, 6) is 0.109. The maximum Gasteiger partial charge on any atom is 0.258 e. The van der Waals surface area contributed by atoms with Gasteiger partial charge in [0, 0.05) is 28.1 Å². The van der Waals surface area contributed by atoms with E-state index in [0.29, 0.717) is 23.4 Å². The van der Waals surface area contributed by atoms with Gasteiger partial charge in [-0.1, -0.05) is 41.9 Å². The summed E-state index contributed by atoms with van der Waals surface area (Å²) < 4.78 is 0.935. The highest BCUT2D eigenvalue weighted by Gasteiger charge is 2.42. The van der Waals surface area contributed by atoms with Crippen molar-refractivity contribution in [2.75, 3.05) is 11.1 Å². The fourth-order valence-electron chi connectivity index (χ4n) is 3.92. The van der Waals surface area contributed by atoms with Gasteiger partial charge in [0.1, 0.15) is 5.82 Å². The van der Waals surface area contributed by atoms with Crippen LogP contribution in [0.3, 0.4) is 0 Å². The molecular formula is C19H19BrN4O2. The van der Waals surface area contributed by atoms with Crippen molar-refractivity contribution < 1.29 is 4.79 Å². The van der Waals surface area contributed by atoms with E-state index in [-0.39, 0.29) is 22.7 Å². The molecule has 1 aromatic heterocycles. The number of anilines is 2. The molecule has 6 nitrogen and oxygen atoms in total. The Morgan fingerprint density at radius 2 is 1.88 bits per heavy atom. The zero-order valence-corrected chi connectivity index (χ0v) is 16.1. The molecule has 134 valence electrons. The van der Waals surface area contributed by atoms with Gasteiger partial charge in [-0.2, -0.15) is 4.98 Å². The number of aromatic nitrogens is 2. The second kappa shape index (κ2) is 5.81. The highest BCUT2D eigenvalue weighted by molar-refractivity contribution is 9.10. The highest BCUT2D eigenvalue weighted by atomic mass is 79.9. The lowest BCUT2D eigenvalue weighted by Gasteiger charge is -2.38. The molecular weight excluding hydrogens is 396 g/mol. The SMILES string of the molecule is CC1(C)CC(=O)C2=C(C1)Nc1nc(N)[nH]c(=O)c1C2c1ccc(Br)cc1. The lowest BCUT2D eigenvalue weighted by atomic mass is 9.69. The minimum absolute atomic E-state index is 0.0567. The lowest BCUT2D eigenvalue weighted by molar-refractivity contribution is -0.118. The number of carbonyl (C=O) groups is 1. The van der Waals surface area contributed by atoms with Gasteiger partial charge in [-0.3, -0.25) is 14.6 Å². The van der Waals surface area contributed by atoms with Gasteiger partial charge in [-0.15, -0.1) is 0 Å². The smallest absolute Gasteiger partial charge is 0.258 e. The van der Waals surface area contributed by atoms with Crippen molar-refractivity contribution in [3.8, 4) is 0 Å². The van der Waals surface area contributed by atoms with Crippen molar-refractivity contribution in [2.24, 2.45) is 5.41 Å². The number of hydrogen-bond acceptors (Lipinski definition) is 5. The lowest BCUT2D eigenvalue weighted by Crippen LogP contribution is -2.37. The van der Waals surface area contributed by atoms with Crippen molar-refractivity contribution in [2.45, 2.75) is 32.6 Å². The molecule has 26 heavy (non-hydrogen) atoms. The van der Waals surface area contributed by atoms with Crippen LogP contribution in [0.5, 0.6) is 0 Å². The first kappa shape index (κ1) is 17.0. The molecule has 2 aliphatic rings. The molecule has 1 unspecified atom stereocenters. The van der Waals surface area contributed by atoms with Gasteiger partial charge in [0.25, 0.3) is 5.56 Å². The third-order valence-corrected chi connectivity index (χ3v) is 5.47. The monoisotopic (exact) mass is 414 g/mol. The quantitative estimate of drug-likeness (QED) is 0.664. The normalized spacial score (nSPS) is 21.0. The van der Waals surface area contributed by atoms with Crippen LogP contribution in [0, 0.1) is 5.41 Å². The van der Waals surface area contributed by atoms with E-state index in [2.05, 4.69) is 45.1 Å². The third-order valence-electron chi connectivity index (χ3n) is 4.94. The topological polar surface area (TPSA) is 101 Å². The fourth-order valence-corrected chi connectivity index (χ4v) is 4.18. The second-order valence-electron chi connectivity index (χ2n) is 7.66. The van der Waals surface area contributed by atoms with E-state index in [1.54, 1.807) is 0 Å². The van der Waals surface area contributed by atoms with E-state index in [4.69, 9.17) is 5.73 Å². The summed E-state index contributed by atoms with van der Waals surface area (Å²) >= 11 is 3.43. The Bertz CT molecular complexity index is 1010. The number of benzene rings is 1. The Balaban J connectivity index is 1.99. The van der Waals surface area contributed by atoms with Crippen LogP contribution >= 0.6 is 15.9 Å². The summed E-state index contributed by atoms with van der Waals surface area (Å²) in [5, 5.41) is 3.22. The van der Waals surface area contributed by atoms with Crippen molar-refractivity contribution in [3.05, 3.63) is 61.5 Å². The Kier molecular flexibility index (Phi) is 3.80. The molecule has 2 aromatic rings. The van der Waals surface area contributed by atoms with Crippen LogP contribution in [0.1, 0.15) is 43.7 Å². The number of Topliss-reactive ketones (excluding diaryl/α,β-unsaturated/α-hetero) is 1. The van der Waals surface area contributed by atoms with Gasteiger partial charge in [-0.05, 0) is 29.5 Å². The molecule has 0 saturated carbocycles. The van der Waals surface area contributed by atoms with Gasteiger partial charge >= 0.3 is 0 Å². The van der Waals surface area contributed by atoms with Gasteiger partial charge in [0.2, 0.25) is 5.95 Å². The maximum atomic E-state index is 13.0. The van der Waals surface area contributed by atoms with Gasteiger partial charge in [-0.25, -0.2) is 0 Å². The van der Waals surface area contributed by atoms with Gasteiger partial charge in [0.15, 0.2) is 5.78 Å². The molecule has 7 heteroatoms. The van der Waals surface area contributed by atoms with Crippen LogP contribution in [-0.2, 0) is 4.79 Å². The molecule has 2 heterocycles. The van der Waals surface area contributed by atoms with E-state index in [1.165, 1.54) is 0 Å². The number of nitrogen functional groups attached to an aromatic ring is 1. The number of carbonyl (C=O) groups excluding carboxylic acids is 1. The standard InChI is InChI=1S/C19H19BrN4O2/c1-19(2)7-11-14(12(25)8-19)13(9-3-5-10(20)6-4-9)15-16(22-11)23-18(21)24-17(15)26/h3-6,13H,7-8H2,1-2H3,(H4,21,22,23,24,26). The van der Waals surface area contributed by atoms with Crippen molar-refractivity contribution in [1.82, 2.24) is 9.97 Å². The van der Waals surface area contributed by atoms with Crippen molar-refractivity contribution in [3.63, 3.8) is 0 Å². The van der Waals surface area contributed by atoms with E-state index in [1.807, 2.05) is 24.3 Å². The van der Waals surface area contributed by atoms with Crippen LogP contribution in [-0.4, -0.2) is 15.8 Å². The van der Waals surface area contributed by atoms with Gasteiger partial charge < -0.3 is 11.1 Å². The summed E-state index contributed by atoms with van der Waals surface area (Å²) in [7, 11) is 0. The molecule has 4 N–H and O–H groups in total. The Hall–Kier alpha value is -2.41. The van der Waals surface area contributed by atoms with E-state index < -0.39 is 5.92 Å². The Morgan fingerprint density at radius 1 is 1.19 bits per heavy atom. The largest absolute Gasteiger partial charge is 0.369 e. The molecule has 0 spiro atoms. The molecule has 1 aliphatic heterocycles. The maximum absolute atomic E-state index is 13.0. The van der Waals surface area contributed by atoms with Crippen molar-refractivity contribution >= 4 is 33.5 Å². The molecule has 1 aromatic carbocycles. The van der Waals surface area contributed by atoms with Crippen LogP contribution < -0.4 is 16.6 Å². The van der Waals surface area contributed by atoms with Crippen molar-refractivity contribution in [1.29, 1.82) is 0 Å². The van der Waals surface area contributed by atoms with Crippen LogP contribution in [0.4, 0.5) is 11.8 Å². The molecule has 4 rings (SSSR count). The predicted molar refractivity (Wildman–Crippen MR) is 104 cm³/mol. The number of aromatic amines is 1. The predicted octanol–water partition coefficient (Wildman–Crippen LogP) is 3.32. The van der Waals surface area contributed by atoms with Crippen LogP contribution in [0.15, 0.2) is 44.8 Å². The molecule has 0 fully saturated rings. The Labute approximate surface area is 159 Å². The van der Waals surface area contributed by atoms with E-state index >= 15 is 0 Å². The molecule has 0 bridgehead atoms. The molecule has 0 radical (unpaired) electrons. The number of hydrogen-bond donors (Lipinski definition) is 3. The number of nitrogens with zero attached hydrogens (tertiary/aromatic N) is 1. The number of fused-ring (bicyclic) bond motifs is 1. The Morgan fingerprint density at radius 3 is 2.58 bits per heavy atom. The summed E-state index contributed by atoms with van der Waals surface area (Å²) in [6.07, 6.45) is 1.17. The zero-order valence-electron chi connectivity index (χ0n) is 14.5. The summed E-state index contributed by atoms with van der Waals surface area (Å²) in [5.41, 5.74) is 8.10. The number of allylic oxidation sites excluding steroid dienone is 2. The fraction of sp³-hybridized carbons (Fsp3) is 0.316. The number of rotatable bonds is 1. The van der Waals surface area contributed by atoms with Crippen LogP contribution in [0.2, 0.25) is 0 Å². The summed E-state index contributed by atoms with van der Waals surface area (Å²) in [4.78, 5) is 32.6. The summed E-state index contributed by atoms with van der Waals surface area (Å²) in [6.45, 7) is 4.14. The third kappa shape index (κ3) is 2.76. The number of ketones is 1. The molecule has 1 aliphatic carbocycles. The average molecular weight is 415 g/mol. The number of halogens is 1. The average Bonchev–Trinajstić information content (AvgIpc) is 2.52. The highest BCUT2D eigenvalue weighted by Crippen LogP contribution is 2.47. The van der Waals surface area contributed by atoms with Gasteiger partial charge in [0.05, 0.1) is 5.56 Å². The minimum atomic E-state index is -0.449. The van der Waals surface area contributed by atoms with E-state index in [9.17, 15) is 9.59 Å². The minimum Gasteiger partial charge on any atom is -0.369 e. The zero-order chi connectivity index (χ0) is 18.6. The second-order valence-corrected chi connectivity index (χ2v) is 8.57. The number of H-pyrrole nitrogens is 1. The molecule has 1 atom stereocenters. The first-order valence-electron chi connectivity index (χ1n) is 8.43. The number of nitrogens with one attached hydrogen (secondary N) is 2. The van der Waals surface area contributed by atoms with Crippen LogP contribution in [0.25, 0.3) is 0 Å². The first-order chi connectivity index (χ1) is 12.2.